The first-order chi connectivity index (χ1) is 6.81. The summed E-state index contributed by atoms with van der Waals surface area (Å²) >= 11 is 1.55. The lowest BCUT2D eigenvalue weighted by molar-refractivity contribution is 0.620. The van der Waals surface area contributed by atoms with Crippen molar-refractivity contribution in [3.05, 3.63) is 22.2 Å². The Morgan fingerprint density at radius 1 is 1.71 bits per heavy atom. The van der Waals surface area contributed by atoms with E-state index < -0.39 is 0 Å². The molecular formula is C11H12N2S. The molecule has 2 nitrogen and oxygen atoms in total. The van der Waals surface area contributed by atoms with Crippen molar-refractivity contribution in [2.75, 3.05) is 0 Å². The van der Waals surface area contributed by atoms with Crippen LogP contribution in [-0.2, 0) is 0 Å². The minimum absolute atomic E-state index is 0.737. The summed E-state index contributed by atoms with van der Waals surface area (Å²) in [6.07, 6.45) is 5.18. The fourth-order valence-corrected chi connectivity index (χ4v) is 2.58. The molecule has 1 saturated carbocycles. The van der Waals surface area contributed by atoms with Gasteiger partial charge in [0.2, 0.25) is 0 Å². The molecule has 2 rings (SSSR count). The Balaban J connectivity index is 2.35. The minimum Gasteiger partial charge on any atom is -0.252 e. The molecule has 0 aliphatic heterocycles. The fraction of sp³-hybridized carbons (Fsp3) is 0.455. The summed E-state index contributed by atoms with van der Waals surface area (Å²) in [5, 5.41) is 9.12. The molecule has 1 atom stereocenters. The first-order valence-corrected chi connectivity index (χ1v) is 5.70. The van der Waals surface area contributed by atoms with E-state index in [1.807, 2.05) is 0 Å². The lowest BCUT2D eigenvalue weighted by Crippen LogP contribution is -1.85. The van der Waals surface area contributed by atoms with Crippen LogP contribution >= 0.6 is 11.3 Å². The van der Waals surface area contributed by atoms with E-state index in [0.717, 1.165) is 29.2 Å². The number of nitrogens with zero attached hydrogens (tertiary/aromatic N) is 2. The monoisotopic (exact) mass is 204 g/mol. The van der Waals surface area contributed by atoms with Crippen LogP contribution < -0.4 is 0 Å². The van der Waals surface area contributed by atoms with E-state index in [1.54, 1.807) is 23.0 Å². The molecule has 0 aromatic carbocycles. The predicted octanol–water partition coefficient (Wildman–Crippen LogP) is 3.24. The molecule has 1 aromatic rings. The van der Waals surface area contributed by atoms with Crippen molar-refractivity contribution < 1.29 is 0 Å². The van der Waals surface area contributed by atoms with E-state index in [0.29, 0.717) is 0 Å². The van der Waals surface area contributed by atoms with E-state index in [9.17, 15) is 0 Å². The van der Waals surface area contributed by atoms with Crippen LogP contribution in [0.4, 0.5) is 0 Å². The van der Waals surface area contributed by atoms with Crippen molar-refractivity contribution in [1.82, 2.24) is 4.98 Å². The van der Waals surface area contributed by atoms with Gasteiger partial charge >= 0.3 is 0 Å². The highest BCUT2D eigenvalue weighted by molar-refractivity contribution is 7.10. The van der Waals surface area contributed by atoms with E-state index in [-0.39, 0.29) is 0 Å². The van der Waals surface area contributed by atoms with Crippen LogP contribution in [0.1, 0.15) is 31.1 Å². The van der Waals surface area contributed by atoms with Crippen LogP contribution in [0.5, 0.6) is 0 Å². The van der Waals surface area contributed by atoms with Gasteiger partial charge in [0.25, 0.3) is 0 Å². The predicted molar refractivity (Wildman–Crippen MR) is 57.7 cm³/mol. The number of rotatable bonds is 1. The summed E-state index contributed by atoms with van der Waals surface area (Å²) in [6, 6.07) is 2.32. The van der Waals surface area contributed by atoms with Crippen LogP contribution in [-0.4, -0.2) is 4.98 Å². The average Bonchev–Trinajstić information content (AvgIpc) is 2.79. The van der Waals surface area contributed by atoms with Gasteiger partial charge in [-0.05, 0) is 25.2 Å². The lowest BCUT2D eigenvalue weighted by Gasteiger charge is -2.00. The molecular weight excluding hydrogens is 192 g/mol. The smallest absolute Gasteiger partial charge is 0.101 e. The molecule has 0 N–H and O–H groups in total. The zero-order chi connectivity index (χ0) is 9.97. The van der Waals surface area contributed by atoms with E-state index in [4.69, 9.17) is 5.26 Å². The Kier molecular flexibility index (Phi) is 2.64. The molecule has 0 radical (unpaired) electrons. The molecule has 72 valence electrons. The van der Waals surface area contributed by atoms with Crippen LogP contribution in [0.25, 0.3) is 5.57 Å². The first-order valence-electron chi connectivity index (χ1n) is 4.82. The Morgan fingerprint density at radius 3 is 3.07 bits per heavy atom. The van der Waals surface area contributed by atoms with Crippen molar-refractivity contribution in [2.45, 2.75) is 26.2 Å². The third-order valence-corrected chi connectivity index (χ3v) is 3.47. The third-order valence-electron chi connectivity index (χ3n) is 2.68. The Labute approximate surface area is 87.9 Å². The van der Waals surface area contributed by atoms with Gasteiger partial charge in [-0.3, -0.25) is 4.98 Å². The molecule has 0 bridgehead atoms. The summed E-state index contributed by atoms with van der Waals surface area (Å²) in [6.45, 7) is 2.24. The van der Waals surface area contributed by atoms with Crippen LogP contribution in [0, 0.1) is 17.2 Å². The third kappa shape index (κ3) is 1.71. The van der Waals surface area contributed by atoms with Gasteiger partial charge in [-0.25, -0.2) is 0 Å². The second-order valence-corrected chi connectivity index (χ2v) is 4.69. The second kappa shape index (κ2) is 3.93. The zero-order valence-electron chi connectivity index (χ0n) is 8.16. The maximum Gasteiger partial charge on any atom is 0.101 e. The maximum absolute atomic E-state index is 9.12. The van der Waals surface area contributed by atoms with Gasteiger partial charge in [0.1, 0.15) is 6.07 Å². The topological polar surface area (TPSA) is 36.7 Å². The van der Waals surface area contributed by atoms with Gasteiger partial charge in [0.15, 0.2) is 0 Å². The number of aromatic nitrogens is 1. The molecule has 14 heavy (non-hydrogen) atoms. The number of thiazole rings is 1. The Morgan fingerprint density at radius 2 is 2.57 bits per heavy atom. The molecule has 0 saturated heterocycles. The van der Waals surface area contributed by atoms with Gasteiger partial charge in [-0.1, -0.05) is 12.5 Å². The molecule has 1 aliphatic rings. The van der Waals surface area contributed by atoms with Crippen molar-refractivity contribution in [3.8, 4) is 6.07 Å². The second-order valence-electron chi connectivity index (χ2n) is 3.80. The SMILES string of the molecule is CC1CC/C(=C(/C#N)c2cncs2)C1. The first kappa shape index (κ1) is 9.42. The largest absolute Gasteiger partial charge is 0.252 e. The lowest BCUT2D eigenvalue weighted by atomic mass is 10.1. The minimum atomic E-state index is 0.737. The number of nitriles is 1. The standard InChI is InChI=1S/C11H12N2S/c1-8-2-3-9(4-8)10(5-12)11-6-13-7-14-11/h6-8H,2-4H2,1H3/b10-9+. The molecule has 1 unspecified atom stereocenters. The molecule has 1 aromatic heterocycles. The molecule has 1 aliphatic carbocycles. The summed E-state index contributed by atoms with van der Waals surface area (Å²) in [4.78, 5) is 5.04. The van der Waals surface area contributed by atoms with Crippen LogP contribution in [0.15, 0.2) is 17.3 Å². The van der Waals surface area contributed by atoms with Crippen molar-refractivity contribution in [1.29, 1.82) is 5.26 Å². The van der Waals surface area contributed by atoms with Crippen molar-refractivity contribution in [2.24, 2.45) is 5.92 Å². The molecule has 0 spiro atoms. The van der Waals surface area contributed by atoms with Gasteiger partial charge in [0.05, 0.1) is 16.0 Å². The highest BCUT2D eigenvalue weighted by Crippen LogP contribution is 2.35. The van der Waals surface area contributed by atoms with Gasteiger partial charge in [-0.2, -0.15) is 5.26 Å². The summed E-state index contributed by atoms with van der Waals surface area (Å²) in [7, 11) is 0. The quantitative estimate of drug-likeness (QED) is 0.658. The fourth-order valence-electron chi connectivity index (χ4n) is 1.92. The highest BCUT2D eigenvalue weighted by Gasteiger charge is 2.19. The molecule has 1 heterocycles. The van der Waals surface area contributed by atoms with E-state index in [2.05, 4.69) is 18.0 Å². The summed E-state index contributed by atoms with van der Waals surface area (Å²) < 4.78 is 0. The highest BCUT2D eigenvalue weighted by atomic mass is 32.1. The Bertz CT molecular complexity index is 384. The molecule has 1 fully saturated rings. The van der Waals surface area contributed by atoms with Crippen LogP contribution in [0.2, 0.25) is 0 Å². The summed E-state index contributed by atoms with van der Waals surface area (Å²) in [5.41, 5.74) is 3.98. The molecule has 0 amide bonds. The molecule has 3 heteroatoms. The number of allylic oxidation sites excluding steroid dienone is 2. The number of hydrogen-bond acceptors (Lipinski definition) is 3. The van der Waals surface area contributed by atoms with Crippen LogP contribution in [0.3, 0.4) is 0 Å². The van der Waals surface area contributed by atoms with Crippen molar-refractivity contribution in [3.63, 3.8) is 0 Å². The van der Waals surface area contributed by atoms with E-state index >= 15 is 0 Å². The normalized spacial score (nSPS) is 24.7. The Hall–Kier alpha value is -1.14. The zero-order valence-corrected chi connectivity index (χ0v) is 8.97. The van der Waals surface area contributed by atoms with E-state index in [1.165, 1.54) is 12.0 Å². The summed E-state index contributed by atoms with van der Waals surface area (Å²) in [5.74, 6) is 0.737. The van der Waals surface area contributed by atoms with Gasteiger partial charge in [-0.15, -0.1) is 11.3 Å². The average molecular weight is 204 g/mol. The number of hydrogen-bond donors (Lipinski definition) is 0. The maximum atomic E-state index is 9.12. The van der Waals surface area contributed by atoms with Gasteiger partial charge < -0.3 is 0 Å². The van der Waals surface area contributed by atoms with Crippen molar-refractivity contribution >= 4 is 16.9 Å². The van der Waals surface area contributed by atoms with Gasteiger partial charge in [0, 0.05) is 6.20 Å².